The van der Waals surface area contributed by atoms with E-state index >= 15 is 0 Å². The number of amides is 2. The average molecular weight is 296 g/mol. The maximum Gasteiger partial charge on any atom is 0.319 e. The molecule has 1 aliphatic heterocycles. The average Bonchev–Trinajstić information content (AvgIpc) is 2.47. The van der Waals surface area contributed by atoms with E-state index in [4.69, 9.17) is 4.74 Å². The molecule has 1 unspecified atom stereocenters. The van der Waals surface area contributed by atoms with Gasteiger partial charge in [0, 0.05) is 17.7 Å². The van der Waals surface area contributed by atoms with Gasteiger partial charge in [-0.15, -0.1) is 0 Å². The number of ether oxygens (including phenoxy) is 1. The van der Waals surface area contributed by atoms with Gasteiger partial charge < -0.3 is 15.4 Å². The molecule has 114 valence electrons. The Bertz CT molecular complexity index is 668. The summed E-state index contributed by atoms with van der Waals surface area (Å²) in [6, 6.07) is 17.0. The van der Waals surface area contributed by atoms with Crippen LogP contribution in [0, 0.1) is 0 Å². The Morgan fingerprint density at radius 2 is 1.77 bits per heavy atom. The molecule has 22 heavy (non-hydrogen) atoms. The number of carbonyl (C=O) groups is 1. The fourth-order valence-electron chi connectivity index (χ4n) is 2.78. The molecule has 0 radical (unpaired) electrons. The molecule has 2 N–H and O–H groups in total. The van der Waals surface area contributed by atoms with E-state index in [1.807, 2.05) is 68.4 Å². The Kier molecular flexibility index (Phi) is 3.75. The fraction of sp³-hybridized carbons (Fsp3) is 0.278. The van der Waals surface area contributed by atoms with Crippen molar-refractivity contribution in [2.24, 2.45) is 0 Å². The molecule has 1 atom stereocenters. The summed E-state index contributed by atoms with van der Waals surface area (Å²) < 4.78 is 5.98. The molecule has 0 spiro atoms. The minimum absolute atomic E-state index is 0.0661. The first-order valence-corrected chi connectivity index (χ1v) is 7.44. The van der Waals surface area contributed by atoms with E-state index in [2.05, 4.69) is 10.6 Å². The molecular formula is C18H20N2O2. The van der Waals surface area contributed by atoms with Gasteiger partial charge in [0.15, 0.2) is 0 Å². The topological polar surface area (TPSA) is 50.4 Å². The summed E-state index contributed by atoms with van der Waals surface area (Å²) in [7, 11) is 0. The normalized spacial score (nSPS) is 18.7. The van der Waals surface area contributed by atoms with E-state index in [0.717, 1.165) is 23.4 Å². The third kappa shape index (κ3) is 3.22. The molecule has 0 aromatic heterocycles. The first-order chi connectivity index (χ1) is 10.5. The van der Waals surface area contributed by atoms with Crippen molar-refractivity contribution in [3.63, 3.8) is 0 Å². The van der Waals surface area contributed by atoms with Gasteiger partial charge >= 0.3 is 6.03 Å². The highest BCUT2D eigenvalue weighted by Gasteiger charge is 2.34. The van der Waals surface area contributed by atoms with Gasteiger partial charge in [-0.3, -0.25) is 0 Å². The van der Waals surface area contributed by atoms with Crippen molar-refractivity contribution < 1.29 is 9.53 Å². The molecule has 2 amide bonds. The number of nitrogens with one attached hydrogen (secondary N) is 2. The van der Waals surface area contributed by atoms with Crippen LogP contribution in [0.1, 0.15) is 31.9 Å². The summed E-state index contributed by atoms with van der Waals surface area (Å²) in [5.41, 5.74) is 1.49. The Balaban J connectivity index is 1.75. The van der Waals surface area contributed by atoms with E-state index in [1.165, 1.54) is 0 Å². The Morgan fingerprint density at radius 3 is 2.55 bits per heavy atom. The SMILES string of the molecule is CC1(C)CC(NC(=O)Nc2ccccc2)c2ccccc2O1. The summed E-state index contributed by atoms with van der Waals surface area (Å²) in [6.07, 6.45) is 0.728. The van der Waals surface area contributed by atoms with Gasteiger partial charge in [-0.25, -0.2) is 4.79 Å². The molecule has 4 heteroatoms. The van der Waals surface area contributed by atoms with Crippen LogP contribution in [0.2, 0.25) is 0 Å². The second-order valence-electron chi connectivity index (χ2n) is 6.12. The van der Waals surface area contributed by atoms with Gasteiger partial charge in [0.25, 0.3) is 0 Å². The van der Waals surface area contributed by atoms with Gasteiger partial charge in [-0.2, -0.15) is 0 Å². The molecule has 3 rings (SSSR count). The number of hydrogen-bond donors (Lipinski definition) is 2. The first-order valence-electron chi connectivity index (χ1n) is 7.44. The third-order valence-electron chi connectivity index (χ3n) is 3.71. The van der Waals surface area contributed by atoms with Crippen LogP contribution in [0.5, 0.6) is 5.75 Å². The van der Waals surface area contributed by atoms with E-state index in [0.29, 0.717) is 0 Å². The highest BCUT2D eigenvalue weighted by atomic mass is 16.5. The van der Waals surface area contributed by atoms with E-state index in [1.54, 1.807) is 0 Å². The molecule has 0 fully saturated rings. The van der Waals surface area contributed by atoms with Crippen molar-refractivity contribution >= 4 is 11.7 Å². The molecule has 0 saturated heterocycles. The highest BCUT2D eigenvalue weighted by Crippen LogP contribution is 2.39. The fourth-order valence-corrected chi connectivity index (χ4v) is 2.78. The number of urea groups is 1. The van der Waals surface area contributed by atoms with E-state index in [-0.39, 0.29) is 17.7 Å². The minimum Gasteiger partial charge on any atom is -0.487 e. The second-order valence-corrected chi connectivity index (χ2v) is 6.12. The van der Waals surface area contributed by atoms with Crippen molar-refractivity contribution in [1.82, 2.24) is 5.32 Å². The number of para-hydroxylation sites is 2. The molecule has 0 saturated carbocycles. The van der Waals surface area contributed by atoms with E-state index in [9.17, 15) is 4.79 Å². The number of hydrogen-bond acceptors (Lipinski definition) is 2. The third-order valence-corrected chi connectivity index (χ3v) is 3.71. The maximum atomic E-state index is 12.2. The first kappa shape index (κ1) is 14.4. The van der Waals surface area contributed by atoms with Crippen molar-refractivity contribution in [3.05, 3.63) is 60.2 Å². The van der Waals surface area contributed by atoms with Crippen LogP contribution in [-0.2, 0) is 0 Å². The molecule has 1 heterocycles. The van der Waals surface area contributed by atoms with Crippen molar-refractivity contribution in [3.8, 4) is 5.75 Å². The molecular weight excluding hydrogens is 276 g/mol. The standard InChI is InChI=1S/C18H20N2O2/c1-18(2)12-15(14-10-6-7-11-16(14)22-18)20-17(21)19-13-8-4-3-5-9-13/h3-11,15H,12H2,1-2H3,(H2,19,20,21). The zero-order chi connectivity index (χ0) is 15.6. The summed E-state index contributed by atoms with van der Waals surface area (Å²) in [6.45, 7) is 4.07. The predicted octanol–water partition coefficient (Wildman–Crippen LogP) is 4.11. The van der Waals surface area contributed by atoms with Crippen molar-refractivity contribution in [1.29, 1.82) is 0 Å². The molecule has 4 nitrogen and oxygen atoms in total. The minimum atomic E-state index is -0.307. The lowest BCUT2D eigenvalue weighted by Gasteiger charge is -2.37. The van der Waals surface area contributed by atoms with Gasteiger partial charge in [0.1, 0.15) is 11.4 Å². The molecule has 1 aliphatic rings. The number of anilines is 1. The van der Waals surface area contributed by atoms with E-state index < -0.39 is 0 Å². The van der Waals surface area contributed by atoms with Gasteiger partial charge in [-0.1, -0.05) is 36.4 Å². The lowest BCUT2D eigenvalue weighted by molar-refractivity contribution is 0.0683. The Labute approximate surface area is 130 Å². The molecule has 2 aromatic carbocycles. The summed E-state index contributed by atoms with van der Waals surface area (Å²) in [5, 5.41) is 5.91. The monoisotopic (exact) mass is 296 g/mol. The lowest BCUT2D eigenvalue weighted by atomic mass is 9.90. The van der Waals surface area contributed by atoms with Gasteiger partial charge in [-0.05, 0) is 32.0 Å². The Hall–Kier alpha value is -2.49. The number of rotatable bonds is 2. The van der Waals surface area contributed by atoms with Crippen LogP contribution >= 0.6 is 0 Å². The second kappa shape index (κ2) is 5.72. The summed E-state index contributed by atoms with van der Waals surface area (Å²) >= 11 is 0. The van der Waals surface area contributed by atoms with Crippen molar-refractivity contribution in [2.45, 2.75) is 31.9 Å². The maximum absolute atomic E-state index is 12.2. The predicted molar refractivity (Wildman–Crippen MR) is 87.1 cm³/mol. The Morgan fingerprint density at radius 1 is 1.09 bits per heavy atom. The number of benzene rings is 2. The quantitative estimate of drug-likeness (QED) is 0.876. The van der Waals surface area contributed by atoms with Crippen LogP contribution in [0.4, 0.5) is 10.5 Å². The van der Waals surface area contributed by atoms with Crippen LogP contribution in [0.25, 0.3) is 0 Å². The smallest absolute Gasteiger partial charge is 0.319 e. The van der Waals surface area contributed by atoms with Crippen LogP contribution in [0.3, 0.4) is 0 Å². The molecule has 0 bridgehead atoms. The lowest BCUT2D eigenvalue weighted by Crippen LogP contribution is -2.42. The number of fused-ring (bicyclic) bond motifs is 1. The van der Waals surface area contributed by atoms with Crippen LogP contribution in [-0.4, -0.2) is 11.6 Å². The zero-order valence-electron chi connectivity index (χ0n) is 12.8. The zero-order valence-corrected chi connectivity index (χ0v) is 12.8. The van der Waals surface area contributed by atoms with Crippen molar-refractivity contribution in [2.75, 3.05) is 5.32 Å². The van der Waals surface area contributed by atoms with Gasteiger partial charge in [0.2, 0.25) is 0 Å². The largest absolute Gasteiger partial charge is 0.487 e. The van der Waals surface area contributed by atoms with Crippen LogP contribution < -0.4 is 15.4 Å². The highest BCUT2D eigenvalue weighted by molar-refractivity contribution is 5.89. The van der Waals surface area contributed by atoms with Gasteiger partial charge in [0.05, 0.1) is 6.04 Å². The molecule has 0 aliphatic carbocycles. The summed E-state index contributed by atoms with van der Waals surface area (Å²) in [4.78, 5) is 12.2. The number of carbonyl (C=O) groups excluding carboxylic acids is 1. The molecule has 2 aromatic rings. The van der Waals surface area contributed by atoms with Crippen LogP contribution in [0.15, 0.2) is 54.6 Å². The summed E-state index contributed by atoms with van der Waals surface area (Å²) in [5.74, 6) is 0.837.